The van der Waals surface area contributed by atoms with Gasteiger partial charge in [0.2, 0.25) is 11.8 Å². The molecule has 0 saturated carbocycles. The number of carbonyl (C=O) groups excluding carboxylic acids is 2. The van der Waals surface area contributed by atoms with Crippen molar-refractivity contribution in [2.24, 2.45) is 5.10 Å². The molecule has 27 heavy (non-hydrogen) atoms. The van der Waals surface area contributed by atoms with Crippen LogP contribution in [0.1, 0.15) is 18.9 Å². The normalized spacial score (nSPS) is 10.5. The van der Waals surface area contributed by atoms with Gasteiger partial charge in [-0.1, -0.05) is 18.2 Å². The van der Waals surface area contributed by atoms with Crippen LogP contribution in [-0.4, -0.2) is 31.7 Å². The highest BCUT2D eigenvalue weighted by atomic mass is 79.9. The Morgan fingerprint density at radius 3 is 2.59 bits per heavy atom. The molecule has 0 unspecified atom stereocenters. The summed E-state index contributed by atoms with van der Waals surface area (Å²) >= 11 is 3.41. The molecular weight excluding hydrogens is 414 g/mol. The number of rotatable bonds is 8. The Labute approximate surface area is 165 Å². The maximum atomic E-state index is 11.8. The van der Waals surface area contributed by atoms with Crippen molar-refractivity contribution in [3.05, 3.63) is 52.5 Å². The average molecular weight is 434 g/mol. The van der Waals surface area contributed by atoms with Crippen molar-refractivity contribution in [1.82, 2.24) is 5.43 Å². The molecule has 0 saturated heterocycles. The van der Waals surface area contributed by atoms with Gasteiger partial charge in [-0.3, -0.25) is 9.59 Å². The Balaban J connectivity index is 1.92. The topological polar surface area (TPSA) is 89.0 Å². The van der Waals surface area contributed by atoms with E-state index in [2.05, 4.69) is 31.8 Å². The molecule has 0 aliphatic rings. The molecule has 2 N–H and O–H groups in total. The zero-order valence-electron chi connectivity index (χ0n) is 15.0. The highest BCUT2D eigenvalue weighted by Crippen LogP contribution is 2.36. The van der Waals surface area contributed by atoms with Crippen molar-refractivity contribution >= 4 is 39.6 Å². The molecule has 0 aliphatic carbocycles. The minimum absolute atomic E-state index is 0.331. The van der Waals surface area contributed by atoms with Crippen molar-refractivity contribution in [3.63, 3.8) is 0 Å². The van der Waals surface area contributed by atoms with Crippen LogP contribution in [-0.2, 0) is 9.59 Å². The van der Waals surface area contributed by atoms with Crippen LogP contribution in [0.15, 0.2) is 52.0 Å². The first-order valence-electron chi connectivity index (χ1n) is 8.20. The largest absolute Gasteiger partial charge is 0.492 e. The highest BCUT2D eigenvalue weighted by Gasteiger charge is 2.11. The number of amides is 2. The Hall–Kier alpha value is -2.87. The zero-order chi connectivity index (χ0) is 19.6. The molecule has 0 aromatic heterocycles. The van der Waals surface area contributed by atoms with Crippen LogP contribution in [0.25, 0.3) is 0 Å². The van der Waals surface area contributed by atoms with Gasteiger partial charge < -0.3 is 14.8 Å². The van der Waals surface area contributed by atoms with Crippen LogP contribution < -0.4 is 20.2 Å². The zero-order valence-corrected chi connectivity index (χ0v) is 16.6. The Kier molecular flexibility index (Phi) is 7.81. The molecule has 7 nitrogen and oxygen atoms in total. The molecule has 0 fully saturated rings. The number of hydrogen-bond acceptors (Lipinski definition) is 5. The molecule has 0 aliphatic heterocycles. The number of para-hydroxylation sites is 1. The molecule has 0 heterocycles. The van der Waals surface area contributed by atoms with Gasteiger partial charge in [-0.25, -0.2) is 5.43 Å². The molecule has 2 aromatic rings. The van der Waals surface area contributed by atoms with Crippen LogP contribution in [0.2, 0.25) is 0 Å². The van der Waals surface area contributed by atoms with E-state index in [1.54, 1.807) is 43.5 Å². The molecule has 0 bridgehead atoms. The molecule has 2 aromatic carbocycles. The maximum Gasteiger partial charge on any atom is 0.249 e. The minimum atomic E-state index is -0.516. The summed E-state index contributed by atoms with van der Waals surface area (Å²) in [6, 6.07) is 12.4. The number of halogens is 1. The monoisotopic (exact) mass is 433 g/mol. The third-order valence-corrected chi connectivity index (χ3v) is 3.91. The molecule has 142 valence electrons. The van der Waals surface area contributed by atoms with Crippen molar-refractivity contribution < 1.29 is 19.1 Å². The fourth-order valence-corrected chi connectivity index (χ4v) is 2.84. The van der Waals surface area contributed by atoms with E-state index in [0.717, 1.165) is 0 Å². The molecule has 0 atom stereocenters. The first kappa shape index (κ1) is 20.4. The van der Waals surface area contributed by atoms with Crippen LogP contribution in [0.3, 0.4) is 0 Å². The van der Waals surface area contributed by atoms with E-state index in [-0.39, 0.29) is 6.42 Å². The summed E-state index contributed by atoms with van der Waals surface area (Å²) in [5.41, 5.74) is 3.65. The fraction of sp³-hybridized carbons (Fsp3) is 0.211. The number of hydrazone groups is 1. The first-order chi connectivity index (χ1) is 13.0. The van der Waals surface area contributed by atoms with E-state index in [9.17, 15) is 9.59 Å². The lowest BCUT2D eigenvalue weighted by Crippen LogP contribution is -2.24. The van der Waals surface area contributed by atoms with Gasteiger partial charge in [0.05, 0.1) is 24.4 Å². The van der Waals surface area contributed by atoms with Gasteiger partial charge in [-0.2, -0.15) is 5.10 Å². The predicted octanol–water partition coefficient (Wildman–Crippen LogP) is 3.34. The number of benzene rings is 2. The summed E-state index contributed by atoms with van der Waals surface area (Å²) in [5.74, 6) is 0.206. The third kappa shape index (κ3) is 6.41. The molecule has 8 heteroatoms. The summed E-state index contributed by atoms with van der Waals surface area (Å²) < 4.78 is 11.5. The molecule has 2 rings (SSSR count). The van der Waals surface area contributed by atoms with Gasteiger partial charge in [0.15, 0.2) is 11.5 Å². The van der Waals surface area contributed by atoms with Gasteiger partial charge >= 0.3 is 0 Å². The highest BCUT2D eigenvalue weighted by molar-refractivity contribution is 9.10. The summed E-state index contributed by atoms with van der Waals surface area (Å²) in [5, 5.41) is 6.51. The SMILES string of the molecule is CCOc1cc(C=NNC(=O)CC(=O)Nc2ccccc2)cc(Br)c1OC. The standard InChI is InChI=1S/C19H20BrN3O4/c1-3-27-16-10-13(9-15(20)19(16)26-2)12-21-23-18(25)11-17(24)22-14-7-5-4-6-8-14/h4-10,12H,3,11H2,1-2H3,(H,22,24)(H,23,25). The van der Waals surface area contributed by atoms with Gasteiger partial charge in [0, 0.05) is 5.69 Å². The molecule has 2 amide bonds. The smallest absolute Gasteiger partial charge is 0.249 e. The quantitative estimate of drug-likeness (QED) is 0.379. The number of hydrogen-bond donors (Lipinski definition) is 2. The number of nitrogens with one attached hydrogen (secondary N) is 2. The van der Waals surface area contributed by atoms with Crippen molar-refractivity contribution in [1.29, 1.82) is 0 Å². The van der Waals surface area contributed by atoms with Gasteiger partial charge in [-0.05, 0) is 52.7 Å². The van der Waals surface area contributed by atoms with E-state index in [1.165, 1.54) is 6.21 Å². The molecular formula is C19H20BrN3O4. The second kappa shape index (κ2) is 10.3. The van der Waals surface area contributed by atoms with E-state index in [4.69, 9.17) is 9.47 Å². The van der Waals surface area contributed by atoms with Crippen LogP contribution in [0, 0.1) is 0 Å². The van der Waals surface area contributed by atoms with Crippen molar-refractivity contribution in [2.75, 3.05) is 19.0 Å². The molecule has 0 spiro atoms. The summed E-state index contributed by atoms with van der Waals surface area (Å²) in [6.45, 7) is 2.35. The van der Waals surface area contributed by atoms with E-state index in [0.29, 0.717) is 33.8 Å². The Morgan fingerprint density at radius 2 is 1.93 bits per heavy atom. The molecule has 0 radical (unpaired) electrons. The van der Waals surface area contributed by atoms with Gasteiger partial charge in [0.25, 0.3) is 0 Å². The van der Waals surface area contributed by atoms with Crippen LogP contribution >= 0.6 is 15.9 Å². The summed E-state index contributed by atoms with van der Waals surface area (Å²) in [6.07, 6.45) is 1.13. The summed E-state index contributed by atoms with van der Waals surface area (Å²) in [4.78, 5) is 23.7. The minimum Gasteiger partial charge on any atom is -0.492 e. The van der Waals surface area contributed by atoms with E-state index in [1.807, 2.05) is 13.0 Å². The number of carbonyl (C=O) groups is 2. The average Bonchev–Trinajstić information content (AvgIpc) is 2.62. The van der Waals surface area contributed by atoms with Gasteiger partial charge in [0.1, 0.15) is 6.42 Å². The van der Waals surface area contributed by atoms with Crippen LogP contribution in [0.4, 0.5) is 5.69 Å². The van der Waals surface area contributed by atoms with Crippen molar-refractivity contribution in [3.8, 4) is 11.5 Å². The second-order valence-electron chi connectivity index (χ2n) is 5.35. The van der Waals surface area contributed by atoms with Crippen LogP contribution in [0.5, 0.6) is 11.5 Å². The van der Waals surface area contributed by atoms with Gasteiger partial charge in [-0.15, -0.1) is 0 Å². The second-order valence-corrected chi connectivity index (χ2v) is 6.21. The van der Waals surface area contributed by atoms with E-state index < -0.39 is 11.8 Å². The number of anilines is 1. The van der Waals surface area contributed by atoms with Crippen molar-refractivity contribution in [2.45, 2.75) is 13.3 Å². The van der Waals surface area contributed by atoms with E-state index >= 15 is 0 Å². The number of nitrogens with zero attached hydrogens (tertiary/aromatic N) is 1. The Bertz CT molecular complexity index is 825. The Morgan fingerprint density at radius 1 is 1.19 bits per heavy atom. The summed E-state index contributed by atoms with van der Waals surface area (Å²) in [7, 11) is 1.55. The lowest BCUT2D eigenvalue weighted by atomic mass is 10.2. The number of methoxy groups -OCH3 is 1. The lowest BCUT2D eigenvalue weighted by Gasteiger charge is -2.11. The third-order valence-electron chi connectivity index (χ3n) is 3.32. The predicted molar refractivity (Wildman–Crippen MR) is 107 cm³/mol. The number of ether oxygens (including phenoxy) is 2. The first-order valence-corrected chi connectivity index (χ1v) is 9.00. The fourth-order valence-electron chi connectivity index (χ4n) is 2.21. The maximum absolute atomic E-state index is 11.8. The lowest BCUT2D eigenvalue weighted by molar-refractivity contribution is -0.126.